The predicted molar refractivity (Wildman–Crippen MR) is 78.0 cm³/mol. The van der Waals surface area contributed by atoms with Gasteiger partial charge in [0.1, 0.15) is 0 Å². The molecule has 2 aromatic carbocycles. The van der Waals surface area contributed by atoms with Gasteiger partial charge in [-0.15, -0.1) is 0 Å². The topological polar surface area (TPSA) is 56.1 Å². The number of nitrogens with one attached hydrogen (secondary N) is 1. The van der Waals surface area contributed by atoms with Crippen molar-refractivity contribution in [2.45, 2.75) is 6.92 Å². The Kier molecular flexibility index (Phi) is 2.88. The second-order valence-electron chi connectivity index (χ2n) is 4.71. The fraction of sp³-hybridized carbons (Fsp3) is 0.125. The molecule has 2 aromatic rings. The molecule has 3 rings (SSSR count). The third kappa shape index (κ3) is 1.90. The Labute approximate surface area is 117 Å². The number of aryl methyl sites for hydroxylation is 1. The van der Waals surface area contributed by atoms with E-state index >= 15 is 0 Å². The Morgan fingerprint density at radius 3 is 2.75 bits per heavy atom. The van der Waals surface area contributed by atoms with Crippen LogP contribution in [0.4, 0.5) is 17.1 Å². The fourth-order valence-corrected chi connectivity index (χ4v) is 2.40. The molecule has 1 heterocycles. The maximum Gasteiger partial charge on any atom is 0.250 e. The summed E-state index contributed by atoms with van der Waals surface area (Å²) in [5.41, 5.74) is 4.02. The lowest BCUT2D eigenvalue weighted by Crippen LogP contribution is -2.36. The average Bonchev–Trinajstić information content (AvgIpc) is 2.48. The van der Waals surface area contributed by atoms with Crippen molar-refractivity contribution in [3.63, 3.8) is 0 Å². The Bertz CT molecular complexity index is 731. The molecule has 20 heavy (non-hydrogen) atoms. The highest BCUT2D eigenvalue weighted by molar-refractivity contribution is 6.08. The third-order valence-corrected chi connectivity index (χ3v) is 3.40. The Balaban J connectivity index is 2.20. The molecule has 0 radical (unpaired) electrons. The van der Waals surface area contributed by atoms with Gasteiger partial charge in [-0.3, -0.25) is 9.69 Å². The van der Waals surface area contributed by atoms with Crippen molar-refractivity contribution in [3.8, 4) is 6.07 Å². The van der Waals surface area contributed by atoms with Crippen molar-refractivity contribution >= 4 is 23.0 Å². The normalized spacial score (nSPS) is 13.4. The van der Waals surface area contributed by atoms with Gasteiger partial charge in [-0.2, -0.15) is 5.26 Å². The van der Waals surface area contributed by atoms with Crippen LogP contribution in [0.1, 0.15) is 11.1 Å². The van der Waals surface area contributed by atoms with Crippen LogP contribution in [-0.2, 0) is 4.79 Å². The minimum absolute atomic E-state index is 0.0260. The van der Waals surface area contributed by atoms with Gasteiger partial charge in [0.15, 0.2) is 0 Å². The summed E-state index contributed by atoms with van der Waals surface area (Å²) in [6.07, 6.45) is 0. The van der Waals surface area contributed by atoms with Crippen molar-refractivity contribution in [1.29, 1.82) is 5.26 Å². The molecule has 0 fully saturated rings. The van der Waals surface area contributed by atoms with Crippen LogP contribution in [0.15, 0.2) is 42.5 Å². The number of nitriles is 1. The van der Waals surface area contributed by atoms with Gasteiger partial charge in [-0.25, -0.2) is 0 Å². The first-order chi connectivity index (χ1) is 9.70. The molecule has 0 unspecified atom stereocenters. The van der Waals surface area contributed by atoms with Gasteiger partial charge in [0.05, 0.1) is 35.2 Å². The molecule has 0 spiro atoms. The number of benzene rings is 2. The molecule has 0 bridgehead atoms. The van der Waals surface area contributed by atoms with Gasteiger partial charge in [-0.1, -0.05) is 18.2 Å². The van der Waals surface area contributed by atoms with Gasteiger partial charge in [0, 0.05) is 0 Å². The summed E-state index contributed by atoms with van der Waals surface area (Å²) in [5.74, 6) is -0.0260. The van der Waals surface area contributed by atoms with E-state index in [1.165, 1.54) is 0 Å². The summed E-state index contributed by atoms with van der Waals surface area (Å²) in [5, 5.41) is 12.1. The fourth-order valence-electron chi connectivity index (χ4n) is 2.40. The minimum atomic E-state index is -0.0260. The highest BCUT2D eigenvalue weighted by atomic mass is 16.2. The molecule has 4 nitrogen and oxygen atoms in total. The van der Waals surface area contributed by atoms with Crippen LogP contribution in [-0.4, -0.2) is 12.5 Å². The van der Waals surface area contributed by atoms with Crippen LogP contribution >= 0.6 is 0 Å². The Morgan fingerprint density at radius 1 is 1.20 bits per heavy atom. The number of rotatable bonds is 1. The second-order valence-corrected chi connectivity index (χ2v) is 4.71. The van der Waals surface area contributed by atoms with E-state index in [1.54, 1.807) is 17.0 Å². The molecule has 1 amide bonds. The Morgan fingerprint density at radius 2 is 2.00 bits per heavy atom. The average molecular weight is 263 g/mol. The maximum atomic E-state index is 12.3. The van der Waals surface area contributed by atoms with Crippen molar-refractivity contribution in [2.24, 2.45) is 0 Å². The number of amides is 1. The van der Waals surface area contributed by atoms with Crippen molar-refractivity contribution in [1.82, 2.24) is 0 Å². The molecule has 98 valence electrons. The predicted octanol–water partition coefficient (Wildman–Crippen LogP) is 2.96. The zero-order chi connectivity index (χ0) is 14.1. The number of hydrogen-bond acceptors (Lipinski definition) is 3. The van der Waals surface area contributed by atoms with Crippen LogP contribution in [0.2, 0.25) is 0 Å². The molecular formula is C16H13N3O. The van der Waals surface area contributed by atoms with Crippen molar-refractivity contribution in [3.05, 3.63) is 53.6 Å². The molecule has 0 saturated heterocycles. The first-order valence-electron chi connectivity index (χ1n) is 6.37. The highest BCUT2D eigenvalue weighted by Crippen LogP contribution is 2.37. The highest BCUT2D eigenvalue weighted by Gasteiger charge is 2.26. The lowest BCUT2D eigenvalue weighted by atomic mass is 10.1. The van der Waals surface area contributed by atoms with Crippen LogP contribution in [0, 0.1) is 18.3 Å². The lowest BCUT2D eigenvalue weighted by molar-refractivity contribution is -0.116. The lowest BCUT2D eigenvalue weighted by Gasteiger charge is -2.31. The smallest absolute Gasteiger partial charge is 0.250 e. The molecular weight excluding hydrogens is 250 g/mol. The third-order valence-electron chi connectivity index (χ3n) is 3.40. The van der Waals surface area contributed by atoms with E-state index < -0.39 is 0 Å². The van der Waals surface area contributed by atoms with Crippen LogP contribution in [0.25, 0.3) is 0 Å². The number of carbonyl (C=O) groups is 1. The van der Waals surface area contributed by atoms with E-state index in [-0.39, 0.29) is 12.5 Å². The summed E-state index contributed by atoms with van der Waals surface area (Å²) >= 11 is 0. The zero-order valence-corrected chi connectivity index (χ0v) is 11.1. The molecule has 0 aromatic heterocycles. The van der Waals surface area contributed by atoms with Gasteiger partial charge in [-0.05, 0) is 36.8 Å². The Hall–Kier alpha value is -2.80. The molecule has 4 heteroatoms. The van der Waals surface area contributed by atoms with E-state index in [0.717, 1.165) is 22.6 Å². The SMILES string of the molecule is Cc1ccccc1N1C(=O)CNc2ccc(C#N)cc21. The molecule has 1 aliphatic heterocycles. The van der Waals surface area contributed by atoms with Gasteiger partial charge >= 0.3 is 0 Å². The van der Waals surface area contributed by atoms with Crippen LogP contribution < -0.4 is 10.2 Å². The molecule has 1 N–H and O–H groups in total. The number of para-hydroxylation sites is 1. The number of anilines is 3. The minimum Gasteiger partial charge on any atom is -0.374 e. The summed E-state index contributed by atoms with van der Waals surface area (Å²) in [7, 11) is 0. The van der Waals surface area contributed by atoms with Crippen molar-refractivity contribution in [2.75, 3.05) is 16.8 Å². The number of hydrogen-bond donors (Lipinski definition) is 1. The molecule has 0 aliphatic carbocycles. The van der Waals surface area contributed by atoms with Gasteiger partial charge in [0.2, 0.25) is 0 Å². The van der Waals surface area contributed by atoms with Gasteiger partial charge in [0.25, 0.3) is 5.91 Å². The number of carbonyl (C=O) groups excluding carboxylic acids is 1. The van der Waals surface area contributed by atoms with Crippen molar-refractivity contribution < 1.29 is 4.79 Å². The number of nitrogens with zero attached hydrogens (tertiary/aromatic N) is 2. The second kappa shape index (κ2) is 4.71. The van der Waals surface area contributed by atoms with E-state index in [4.69, 9.17) is 5.26 Å². The summed E-state index contributed by atoms with van der Waals surface area (Å²) in [4.78, 5) is 14.0. The van der Waals surface area contributed by atoms with Crippen LogP contribution in [0.3, 0.4) is 0 Å². The van der Waals surface area contributed by atoms with E-state index in [2.05, 4.69) is 11.4 Å². The summed E-state index contributed by atoms with van der Waals surface area (Å²) < 4.78 is 0. The molecule has 0 saturated carbocycles. The summed E-state index contributed by atoms with van der Waals surface area (Å²) in [6.45, 7) is 2.23. The summed E-state index contributed by atoms with van der Waals surface area (Å²) in [6, 6.07) is 15.2. The molecule has 0 atom stereocenters. The van der Waals surface area contributed by atoms with E-state index in [0.29, 0.717) is 5.56 Å². The maximum absolute atomic E-state index is 12.3. The zero-order valence-electron chi connectivity index (χ0n) is 11.1. The van der Waals surface area contributed by atoms with Gasteiger partial charge < -0.3 is 5.32 Å². The van der Waals surface area contributed by atoms with E-state index in [1.807, 2.05) is 37.3 Å². The monoisotopic (exact) mass is 263 g/mol. The standard InChI is InChI=1S/C16H13N3O/c1-11-4-2-3-5-14(11)19-15-8-12(9-17)6-7-13(15)18-10-16(19)20/h2-8,18H,10H2,1H3. The van der Waals surface area contributed by atoms with E-state index in [9.17, 15) is 4.79 Å². The quantitative estimate of drug-likeness (QED) is 0.860. The first kappa shape index (κ1) is 12.2. The first-order valence-corrected chi connectivity index (χ1v) is 6.37. The van der Waals surface area contributed by atoms with Crippen LogP contribution in [0.5, 0.6) is 0 Å². The number of fused-ring (bicyclic) bond motifs is 1. The largest absolute Gasteiger partial charge is 0.374 e. The molecule has 1 aliphatic rings.